The summed E-state index contributed by atoms with van der Waals surface area (Å²) in [4.78, 5) is 2.43. The average molecular weight is 300 g/mol. The lowest BCUT2D eigenvalue weighted by Crippen LogP contribution is -2.25. The molecule has 0 fully saturated rings. The molecule has 0 spiro atoms. The largest absolute Gasteiger partial charge is 0.381 e. The molecule has 0 saturated heterocycles. The SMILES string of the molecule is CCN(CC)CCc1ccc(CNc2ccc(F)cc2)cc1. The van der Waals surface area contributed by atoms with Crippen LogP contribution in [-0.2, 0) is 13.0 Å². The van der Waals surface area contributed by atoms with Gasteiger partial charge in [0, 0.05) is 18.8 Å². The lowest BCUT2D eigenvalue weighted by Gasteiger charge is -2.17. The van der Waals surface area contributed by atoms with Gasteiger partial charge in [-0.1, -0.05) is 38.1 Å². The van der Waals surface area contributed by atoms with Crippen molar-refractivity contribution in [1.29, 1.82) is 0 Å². The van der Waals surface area contributed by atoms with Gasteiger partial charge < -0.3 is 10.2 Å². The van der Waals surface area contributed by atoms with Gasteiger partial charge in [0.2, 0.25) is 0 Å². The highest BCUT2D eigenvalue weighted by Gasteiger charge is 2.01. The van der Waals surface area contributed by atoms with E-state index in [1.807, 2.05) is 0 Å². The Morgan fingerprint density at radius 3 is 2.05 bits per heavy atom. The topological polar surface area (TPSA) is 15.3 Å². The number of nitrogens with one attached hydrogen (secondary N) is 1. The van der Waals surface area contributed by atoms with Crippen LogP contribution in [0.3, 0.4) is 0 Å². The summed E-state index contributed by atoms with van der Waals surface area (Å²) in [7, 11) is 0. The number of nitrogens with zero attached hydrogens (tertiary/aromatic N) is 1. The maximum absolute atomic E-state index is 12.8. The Balaban J connectivity index is 1.82. The third-order valence-electron chi connectivity index (χ3n) is 3.97. The number of likely N-dealkylation sites (N-methyl/N-ethyl adjacent to an activating group) is 1. The van der Waals surface area contributed by atoms with Crippen molar-refractivity contribution in [3.8, 4) is 0 Å². The molecule has 2 rings (SSSR count). The van der Waals surface area contributed by atoms with Gasteiger partial charge in [0.05, 0.1) is 0 Å². The van der Waals surface area contributed by atoms with E-state index in [4.69, 9.17) is 0 Å². The number of anilines is 1. The minimum absolute atomic E-state index is 0.205. The fourth-order valence-corrected chi connectivity index (χ4v) is 2.42. The predicted molar refractivity (Wildman–Crippen MR) is 91.7 cm³/mol. The van der Waals surface area contributed by atoms with Crippen LogP contribution >= 0.6 is 0 Å². The number of benzene rings is 2. The second-order valence-corrected chi connectivity index (χ2v) is 5.45. The molecule has 0 heterocycles. The molecule has 2 nitrogen and oxygen atoms in total. The van der Waals surface area contributed by atoms with Crippen LogP contribution in [0.25, 0.3) is 0 Å². The van der Waals surface area contributed by atoms with Gasteiger partial charge in [0.15, 0.2) is 0 Å². The first-order valence-electron chi connectivity index (χ1n) is 8.01. The van der Waals surface area contributed by atoms with Crippen molar-refractivity contribution >= 4 is 5.69 Å². The van der Waals surface area contributed by atoms with Gasteiger partial charge >= 0.3 is 0 Å². The maximum atomic E-state index is 12.8. The van der Waals surface area contributed by atoms with E-state index in [0.717, 1.165) is 38.3 Å². The van der Waals surface area contributed by atoms with Gasteiger partial charge in [-0.2, -0.15) is 0 Å². The zero-order chi connectivity index (χ0) is 15.8. The van der Waals surface area contributed by atoms with Gasteiger partial charge in [0.25, 0.3) is 0 Å². The zero-order valence-corrected chi connectivity index (χ0v) is 13.5. The molecular formula is C19H25FN2. The summed E-state index contributed by atoms with van der Waals surface area (Å²) in [6.45, 7) is 8.48. The van der Waals surface area contributed by atoms with E-state index in [2.05, 4.69) is 48.3 Å². The van der Waals surface area contributed by atoms with Crippen molar-refractivity contribution in [2.24, 2.45) is 0 Å². The van der Waals surface area contributed by atoms with E-state index in [-0.39, 0.29) is 5.82 Å². The van der Waals surface area contributed by atoms with Gasteiger partial charge in [-0.25, -0.2) is 4.39 Å². The molecule has 2 aromatic rings. The van der Waals surface area contributed by atoms with E-state index in [0.29, 0.717) is 0 Å². The number of hydrogen-bond acceptors (Lipinski definition) is 2. The Labute approximate surface area is 133 Å². The lowest BCUT2D eigenvalue weighted by molar-refractivity contribution is 0.308. The van der Waals surface area contributed by atoms with E-state index < -0.39 is 0 Å². The predicted octanol–water partition coefficient (Wildman–Crippen LogP) is 4.32. The lowest BCUT2D eigenvalue weighted by atomic mass is 10.1. The number of hydrogen-bond donors (Lipinski definition) is 1. The van der Waals surface area contributed by atoms with E-state index in [9.17, 15) is 4.39 Å². The van der Waals surface area contributed by atoms with Gasteiger partial charge in [-0.3, -0.25) is 0 Å². The summed E-state index contributed by atoms with van der Waals surface area (Å²) in [5.41, 5.74) is 3.54. The second-order valence-electron chi connectivity index (χ2n) is 5.45. The van der Waals surface area contributed by atoms with E-state index in [1.165, 1.54) is 23.3 Å². The van der Waals surface area contributed by atoms with E-state index in [1.54, 1.807) is 12.1 Å². The van der Waals surface area contributed by atoms with Crippen molar-refractivity contribution in [2.45, 2.75) is 26.8 Å². The third kappa shape index (κ3) is 5.15. The molecule has 0 saturated carbocycles. The summed E-state index contributed by atoms with van der Waals surface area (Å²) >= 11 is 0. The first-order valence-corrected chi connectivity index (χ1v) is 8.01. The van der Waals surface area contributed by atoms with Crippen molar-refractivity contribution in [1.82, 2.24) is 4.90 Å². The van der Waals surface area contributed by atoms with Crippen LogP contribution in [0.4, 0.5) is 10.1 Å². The number of halogens is 1. The minimum Gasteiger partial charge on any atom is -0.381 e. The summed E-state index contributed by atoms with van der Waals surface area (Å²) < 4.78 is 12.8. The first kappa shape index (κ1) is 16.5. The van der Waals surface area contributed by atoms with Crippen molar-refractivity contribution in [3.63, 3.8) is 0 Å². The maximum Gasteiger partial charge on any atom is 0.123 e. The molecule has 0 radical (unpaired) electrons. The Bertz CT molecular complexity index is 545. The molecule has 3 heteroatoms. The monoisotopic (exact) mass is 300 g/mol. The molecule has 0 aromatic heterocycles. The average Bonchev–Trinajstić information content (AvgIpc) is 2.56. The van der Waals surface area contributed by atoms with Crippen LogP contribution in [0.5, 0.6) is 0 Å². The molecular weight excluding hydrogens is 275 g/mol. The van der Waals surface area contributed by atoms with Crippen LogP contribution < -0.4 is 5.32 Å². The molecule has 0 atom stereocenters. The second kappa shape index (κ2) is 8.54. The van der Waals surface area contributed by atoms with Crippen LogP contribution in [0.2, 0.25) is 0 Å². The molecule has 0 aliphatic rings. The minimum atomic E-state index is -0.205. The fraction of sp³-hybridized carbons (Fsp3) is 0.368. The zero-order valence-electron chi connectivity index (χ0n) is 13.5. The van der Waals surface area contributed by atoms with Crippen molar-refractivity contribution in [3.05, 3.63) is 65.5 Å². The Morgan fingerprint density at radius 1 is 0.864 bits per heavy atom. The standard InChI is InChI=1S/C19H25FN2/c1-3-22(4-2)14-13-16-5-7-17(8-6-16)15-21-19-11-9-18(20)10-12-19/h5-12,21H,3-4,13-15H2,1-2H3. The van der Waals surface area contributed by atoms with Crippen molar-refractivity contribution in [2.75, 3.05) is 25.0 Å². The fourth-order valence-electron chi connectivity index (χ4n) is 2.42. The molecule has 118 valence electrons. The van der Waals surface area contributed by atoms with Gasteiger partial charge in [0.1, 0.15) is 5.82 Å². The molecule has 22 heavy (non-hydrogen) atoms. The molecule has 0 bridgehead atoms. The molecule has 1 N–H and O–H groups in total. The van der Waals surface area contributed by atoms with E-state index >= 15 is 0 Å². The van der Waals surface area contributed by atoms with Crippen LogP contribution in [-0.4, -0.2) is 24.5 Å². The highest BCUT2D eigenvalue weighted by Crippen LogP contribution is 2.11. The van der Waals surface area contributed by atoms with Gasteiger partial charge in [-0.05, 0) is 54.9 Å². The highest BCUT2D eigenvalue weighted by molar-refractivity contribution is 5.43. The quantitative estimate of drug-likeness (QED) is 0.781. The first-order chi connectivity index (χ1) is 10.7. The number of rotatable bonds is 8. The molecule has 2 aromatic carbocycles. The summed E-state index contributed by atoms with van der Waals surface area (Å²) in [5.74, 6) is -0.205. The molecule has 0 aliphatic heterocycles. The van der Waals surface area contributed by atoms with Crippen molar-refractivity contribution < 1.29 is 4.39 Å². The van der Waals surface area contributed by atoms with Crippen LogP contribution in [0.1, 0.15) is 25.0 Å². The molecule has 0 unspecified atom stereocenters. The molecule has 0 aliphatic carbocycles. The highest BCUT2D eigenvalue weighted by atomic mass is 19.1. The Kier molecular flexibility index (Phi) is 6.41. The summed E-state index contributed by atoms with van der Waals surface area (Å²) in [6.07, 6.45) is 1.09. The third-order valence-corrected chi connectivity index (χ3v) is 3.97. The Morgan fingerprint density at radius 2 is 1.45 bits per heavy atom. The summed E-state index contributed by atoms with van der Waals surface area (Å²) in [5, 5.41) is 3.30. The molecule has 0 amide bonds. The van der Waals surface area contributed by atoms with Crippen LogP contribution in [0, 0.1) is 5.82 Å². The van der Waals surface area contributed by atoms with Gasteiger partial charge in [-0.15, -0.1) is 0 Å². The Hall–Kier alpha value is -1.87. The summed E-state index contributed by atoms with van der Waals surface area (Å²) in [6, 6.07) is 15.2. The smallest absolute Gasteiger partial charge is 0.123 e. The van der Waals surface area contributed by atoms with Crippen LogP contribution in [0.15, 0.2) is 48.5 Å². The normalized spacial score (nSPS) is 10.9.